The van der Waals surface area contributed by atoms with Crippen LogP contribution in [0.25, 0.3) is 0 Å². The summed E-state index contributed by atoms with van der Waals surface area (Å²) in [7, 11) is 0. The highest BCUT2D eigenvalue weighted by Gasteiger charge is 2.46. The van der Waals surface area contributed by atoms with Crippen molar-refractivity contribution in [1.82, 2.24) is 0 Å². The van der Waals surface area contributed by atoms with Crippen LogP contribution in [0.15, 0.2) is 0 Å². The van der Waals surface area contributed by atoms with E-state index in [1.165, 1.54) is 38.5 Å². The predicted octanol–water partition coefficient (Wildman–Crippen LogP) is 2.85. The minimum Gasteiger partial charge on any atom is -0.330 e. The first-order valence-electron chi connectivity index (χ1n) is 4.57. The topological polar surface area (TPSA) is 26.0 Å². The van der Waals surface area contributed by atoms with E-state index in [4.69, 9.17) is 5.73 Å². The Hall–Kier alpha value is 0.730. The molecule has 0 heterocycles. The molecule has 0 saturated heterocycles. The molecule has 3 aliphatic carbocycles. The molecule has 0 aromatic rings. The molecule has 1 nitrogen and oxygen atoms in total. The van der Waals surface area contributed by atoms with Crippen molar-refractivity contribution in [2.45, 2.75) is 42.8 Å². The lowest BCUT2D eigenvalue weighted by atomic mass is 9.61. The van der Waals surface area contributed by atoms with Crippen molar-refractivity contribution in [3.8, 4) is 0 Å². The first-order chi connectivity index (χ1) is 5.18. The molecule has 0 unspecified atom stereocenters. The highest BCUT2D eigenvalue weighted by atomic mass is 79.9. The first-order valence-corrected chi connectivity index (χ1v) is 5.37. The van der Waals surface area contributed by atoms with E-state index in [9.17, 15) is 0 Å². The summed E-state index contributed by atoms with van der Waals surface area (Å²) in [5.41, 5.74) is 6.35. The third-order valence-electron chi connectivity index (χ3n) is 3.74. The summed E-state index contributed by atoms with van der Waals surface area (Å²) < 4.78 is 0.518. The van der Waals surface area contributed by atoms with E-state index in [-0.39, 0.29) is 12.4 Å². The van der Waals surface area contributed by atoms with Gasteiger partial charge < -0.3 is 5.73 Å². The molecule has 2 bridgehead atoms. The third-order valence-corrected chi connectivity index (χ3v) is 4.93. The van der Waals surface area contributed by atoms with Crippen LogP contribution in [0.2, 0.25) is 0 Å². The zero-order chi connectivity index (χ0) is 7.95. The largest absolute Gasteiger partial charge is 0.330 e. The Bertz CT molecular complexity index is 147. The van der Waals surface area contributed by atoms with E-state index in [1.807, 2.05) is 0 Å². The first kappa shape index (κ1) is 10.8. The molecule has 72 valence electrons. The monoisotopic (exact) mass is 253 g/mol. The summed E-state index contributed by atoms with van der Waals surface area (Å²) in [4.78, 5) is 0. The van der Waals surface area contributed by atoms with Crippen molar-refractivity contribution in [2.75, 3.05) is 6.54 Å². The summed E-state index contributed by atoms with van der Waals surface area (Å²) in [6.07, 6.45) is 8.12. The summed E-state index contributed by atoms with van der Waals surface area (Å²) in [6, 6.07) is 0. The molecule has 0 aliphatic heterocycles. The Morgan fingerprint density at radius 3 is 1.75 bits per heavy atom. The summed E-state index contributed by atoms with van der Waals surface area (Å²) in [5, 5.41) is 0. The quantitative estimate of drug-likeness (QED) is 0.716. The van der Waals surface area contributed by atoms with Gasteiger partial charge in [-0.25, -0.2) is 0 Å². The van der Waals surface area contributed by atoms with Gasteiger partial charge in [0, 0.05) is 4.32 Å². The van der Waals surface area contributed by atoms with Crippen LogP contribution in [-0.4, -0.2) is 10.9 Å². The Balaban J connectivity index is 0.000000720. The fourth-order valence-electron chi connectivity index (χ4n) is 2.52. The molecule has 0 spiro atoms. The molecule has 0 atom stereocenters. The van der Waals surface area contributed by atoms with E-state index in [0.717, 1.165) is 6.54 Å². The van der Waals surface area contributed by atoms with Gasteiger partial charge in [0.05, 0.1) is 0 Å². The molecule has 0 amide bonds. The van der Waals surface area contributed by atoms with E-state index in [2.05, 4.69) is 15.9 Å². The fourth-order valence-corrected chi connectivity index (χ4v) is 3.12. The number of fused-ring (bicyclic) bond motifs is 3. The van der Waals surface area contributed by atoms with Gasteiger partial charge in [0.2, 0.25) is 0 Å². The van der Waals surface area contributed by atoms with Crippen LogP contribution in [0.4, 0.5) is 0 Å². The summed E-state index contributed by atoms with van der Waals surface area (Å²) in [5.74, 6) is 0. The van der Waals surface area contributed by atoms with E-state index >= 15 is 0 Å². The van der Waals surface area contributed by atoms with Crippen LogP contribution >= 0.6 is 28.3 Å². The molecular formula is C9H17BrClN. The second-order valence-corrected chi connectivity index (χ2v) is 6.04. The maximum atomic E-state index is 5.80. The maximum Gasteiger partial charge on any atom is 0.0258 e. The van der Waals surface area contributed by atoms with E-state index in [0.29, 0.717) is 9.74 Å². The number of alkyl halides is 1. The van der Waals surface area contributed by atoms with Gasteiger partial charge in [0.15, 0.2) is 0 Å². The van der Waals surface area contributed by atoms with Crippen molar-refractivity contribution in [3.05, 3.63) is 0 Å². The van der Waals surface area contributed by atoms with Gasteiger partial charge >= 0.3 is 0 Å². The molecule has 2 N–H and O–H groups in total. The average molecular weight is 255 g/mol. The fraction of sp³-hybridized carbons (Fsp3) is 1.00. The van der Waals surface area contributed by atoms with Gasteiger partial charge in [-0.15, -0.1) is 12.4 Å². The zero-order valence-electron chi connectivity index (χ0n) is 7.31. The van der Waals surface area contributed by atoms with Crippen LogP contribution < -0.4 is 5.73 Å². The summed E-state index contributed by atoms with van der Waals surface area (Å²) in [6.45, 7) is 0.913. The molecule has 0 radical (unpaired) electrons. The Labute approximate surface area is 89.0 Å². The number of rotatable bonds is 1. The van der Waals surface area contributed by atoms with Crippen LogP contribution in [-0.2, 0) is 0 Å². The Morgan fingerprint density at radius 2 is 1.42 bits per heavy atom. The molecule has 3 saturated carbocycles. The van der Waals surface area contributed by atoms with Crippen LogP contribution in [0.3, 0.4) is 0 Å². The maximum absolute atomic E-state index is 5.80. The van der Waals surface area contributed by atoms with E-state index in [1.54, 1.807) is 0 Å². The third kappa shape index (κ3) is 1.66. The van der Waals surface area contributed by atoms with Crippen LogP contribution in [0.1, 0.15) is 38.5 Å². The molecule has 3 heteroatoms. The molecular weight excluding hydrogens is 237 g/mol. The van der Waals surface area contributed by atoms with Gasteiger partial charge in [0.25, 0.3) is 0 Å². The lowest BCUT2D eigenvalue weighted by Gasteiger charge is -2.50. The second kappa shape index (κ2) is 3.47. The zero-order valence-corrected chi connectivity index (χ0v) is 9.72. The Kier molecular flexibility index (Phi) is 3.12. The normalized spacial score (nSPS) is 45.5. The summed E-state index contributed by atoms with van der Waals surface area (Å²) >= 11 is 3.85. The number of hydrogen-bond donors (Lipinski definition) is 1. The van der Waals surface area contributed by atoms with Crippen molar-refractivity contribution in [3.63, 3.8) is 0 Å². The molecule has 3 aliphatic rings. The minimum atomic E-state index is 0. The SMILES string of the molecule is Cl.NCC12CCC(Br)(CC1)CC2. The standard InChI is InChI=1S/C9H16BrN.ClH/c10-9-4-1-8(7-11,2-5-9)3-6-9;/h1-7,11H2;1H. The molecule has 3 rings (SSSR count). The van der Waals surface area contributed by atoms with Crippen molar-refractivity contribution < 1.29 is 0 Å². The van der Waals surface area contributed by atoms with Gasteiger partial charge in [-0.3, -0.25) is 0 Å². The molecule has 12 heavy (non-hydrogen) atoms. The van der Waals surface area contributed by atoms with Crippen LogP contribution in [0.5, 0.6) is 0 Å². The molecule has 0 aromatic heterocycles. The minimum absolute atomic E-state index is 0. The van der Waals surface area contributed by atoms with Gasteiger partial charge in [-0.2, -0.15) is 0 Å². The molecule has 0 aromatic carbocycles. The number of hydrogen-bond acceptors (Lipinski definition) is 1. The lowest BCUT2D eigenvalue weighted by Crippen LogP contribution is -2.45. The highest BCUT2D eigenvalue weighted by molar-refractivity contribution is 9.10. The lowest BCUT2D eigenvalue weighted by molar-refractivity contribution is 0.0945. The van der Waals surface area contributed by atoms with Gasteiger partial charge in [0.1, 0.15) is 0 Å². The number of halogens is 2. The highest BCUT2D eigenvalue weighted by Crippen LogP contribution is 2.55. The smallest absolute Gasteiger partial charge is 0.0258 e. The predicted molar refractivity (Wildman–Crippen MR) is 58.1 cm³/mol. The van der Waals surface area contributed by atoms with Crippen molar-refractivity contribution >= 4 is 28.3 Å². The number of nitrogens with two attached hydrogens (primary N) is 1. The second-order valence-electron chi connectivity index (χ2n) is 4.36. The van der Waals surface area contributed by atoms with Gasteiger partial charge in [-0.1, -0.05) is 15.9 Å². The molecule has 3 fully saturated rings. The average Bonchev–Trinajstić information content (AvgIpc) is 2.07. The Morgan fingerprint density at radius 1 is 1.00 bits per heavy atom. The van der Waals surface area contributed by atoms with Crippen molar-refractivity contribution in [1.29, 1.82) is 0 Å². The van der Waals surface area contributed by atoms with Gasteiger partial charge in [-0.05, 0) is 50.5 Å². The van der Waals surface area contributed by atoms with Crippen LogP contribution in [0, 0.1) is 5.41 Å². The van der Waals surface area contributed by atoms with Crippen molar-refractivity contribution in [2.24, 2.45) is 11.1 Å². The van der Waals surface area contributed by atoms with E-state index < -0.39 is 0 Å².